The van der Waals surface area contributed by atoms with Crippen LogP contribution in [0.4, 0.5) is 4.79 Å². The zero-order valence-electron chi connectivity index (χ0n) is 31.0. The Kier molecular flexibility index (Phi) is 9.57. The van der Waals surface area contributed by atoms with Gasteiger partial charge in [0.05, 0.1) is 22.9 Å². The standard InChI is InChI=1S/C40H49N5O9S/c1-3-24-21-40(24,37(49)44-55(51,52)27-17-18-27)43-34(47)31-19-26-22-45(31)36(48)32(23-11-7-8-12-23)42-38(50)54-39(2)20-25(39)13-5-4-6-15-29-33(46)28-14-9-10-16-30(28)41-35(29)53-26/h3-4,6,9-10,14,16,23-27,31-32H,1,5,7-8,11-13,15,17-22H2,2H3,(H,41,46)(H,42,50)(H,43,47)(H,44,49)/b6-4-/t24-,25-,26-,31+,32+,39-,40-/m1/s1. The van der Waals surface area contributed by atoms with Gasteiger partial charge in [-0.05, 0) is 82.8 Å². The first kappa shape index (κ1) is 37.3. The third kappa shape index (κ3) is 7.27. The molecule has 1 saturated heterocycles. The number of amides is 4. The molecular weight excluding hydrogens is 727 g/mol. The summed E-state index contributed by atoms with van der Waals surface area (Å²) in [6, 6.07) is 5.01. The Hall–Kier alpha value is -4.66. The average molecular weight is 776 g/mol. The Balaban J connectivity index is 1.14. The summed E-state index contributed by atoms with van der Waals surface area (Å²) in [5, 5.41) is 5.57. The van der Waals surface area contributed by atoms with Crippen LogP contribution in [0.1, 0.15) is 83.1 Å². The van der Waals surface area contributed by atoms with Crippen LogP contribution in [0.2, 0.25) is 0 Å². The SMILES string of the molecule is C=C[C@@H]1C[C@]1(NC(=O)[C@@H]1C[C@@H]2CN1C(=O)[C@H](C1CCCC1)NC(=O)O[C@]1(C)C[C@H]1CC/C=C\Cc1c([nH]c3ccccc3c1=O)O2)C(=O)NS(=O)(=O)C1CC1. The molecule has 0 spiro atoms. The molecule has 4 N–H and O–H groups in total. The Bertz CT molecular complexity index is 2130. The minimum atomic E-state index is -3.91. The van der Waals surface area contributed by atoms with E-state index in [1.54, 1.807) is 18.2 Å². The van der Waals surface area contributed by atoms with E-state index in [0.717, 1.165) is 25.7 Å². The van der Waals surface area contributed by atoms with Crippen LogP contribution in [0.3, 0.4) is 0 Å². The van der Waals surface area contributed by atoms with Crippen LogP contribution in [0, 0.1) is 17.8 Å². The molecule has 1 aromatic heterocycles. The fourth-order valence-electron chi connectivity index (χ4n) is 8.90. The third-order valence-corrected chi connectivity index (χ3v) is 14.4. The van der Waals surface area contributed by atoms with Crippen molar-refractivity contribution in [1.82, 2.24) is 25.2 Å². The number of aromatic nitrogens is 1. The lowest BCUT2D eigenvalue weighted by molar-refractivity contribution is -0.142. The van der Waals surface area contributed by atoms with E-state index in [1.165, 1.54) is 11.0 Å². The van der Waals surface area contributed by atoms with Crippen LogP contribution in [-0.4, -0.2) is 83.2 Å². The number of ether oxygens (including phenoxy) is 2. The van der Waals surface area contributed by atoms with Gasteiger partial charge in [0.1, 0.15) is 29.3 Å². The largest absolute Gasteiger partial charge is 0.473 e. The number of benzene rings is 1. The molecule has 2 aliphatic heterocycles. The number of alkyl carbamates (subject to hydrolysis) is 1. The molecule has 0 radical (unpaired) electrons. The highest BCUT2D eigenvalue weighted by atomic mass is 32.2. The molecule has 15 heteroatoms. The number of sulfonamides is 1. The molecule has 2 bridgehead atoms. The van der Waals surface area contributed by atoms with Crippen LogP contribution in [-0.2, 0) is 35.6 Å². The Labute approximate surface area is 319 Å². The zero-order chi connectivity index (χ0) is 38.7. The normalized spacial score (nSPS) is 33.1. The number of rotatable bonds is 7. The molecule has 3 heterocycles. The molecule has 0 unspecified atom stereocenters. The molecule has 5 fully saturated rings. The first-order valence-electron chi connectivity index (χ1n) is 19.6. The summed E-state index contributed by atoms with van der Waals surface area (Å²) in [5.41, 5.74) is -1.43. The van der Waals surface area contributed by atoms with Crippen molar-refractivity contribution in [2.45, 2.75) is 119 Å². The molecule has 2 aromatic rings. The molecule has 14 nitrogen and oxygen atoms in total. The smallest absolute Gasteiger partial charge is 0.408 e. The first-order valence-corrected chi connectivity index (χ1v) is 21.1. The number of hydrogen-bond acceptors (Lipinski definition) is 9. The van der Waals surface area contributed by atoms with Gasteiger partial charge in [-0.3, -0.25) is 23.9 Å². The van der Waals surface area contributed by atoms with Gasteiger partial charge in [0, 0.05) is 23.6 Å². The monoisotopic (exact) mass is 775 g/mol. The van der Waals surface area contributed by atoms with Crippen LogP contribution in [0.5, 0.6) is 5.88 Å². The van der Waals surface area contributed by atoms with E-state index in [2.05, 4.69) is 26.9 Å². The molecule has 4 aliphatic carbocycles. The predicted molar refractivity (Wildman–Crippen MR) is 202 cm³/mol. The summed E-state index contributed by atoms with van der Waals surface area (Å²) >= 11 is 0. The maximum atomic E-state index is 14.8. The van der Waals surface area contributed by atoms with Gasteiger partial charge in [-0.2, -0.15) is 0 Å². The number of carbonyl (C=O) groups excluding carboxylic acids is 4. The fraction of sp³-hybridized carbons (Fsp3) is 0.575. The van der Waals surface area contributed by atoms with Crippen molar-refractivity contribution < 1.29 is 37.1 Å². The maximum absolute atomic E-state index is 14.8. The first-order chi connectivity index (χ1) is 26.3. The van der Waals surface area contributed by atoms with E-state index in [9.17, 15) is 32.4 Å². The molecule has 294 valence electrons. The molecule has 6 aliphatic rings. The van der Waals surface area contributed by atoms with Crippen molar-refractivity contribution in [3.8, 4) is 5.88 Å². The highest BCUT2D eigenvalue weighted by Crippen LogP contribution is 2.50. The minimum absolute atomic E-state index is 0.000121. The third-order valence-electron chi connectivity index (χ3n) is 12.6. The average Bonchev–Trinajstić information content (AvgIpc) is 4.11. The van der Waals surface area contributed by atoms with Gasteiger partial charge < -0.3 is 30.0 Å². The summed E-state index contributed by atoms with van der Waals surface area (Å²) in [7, 11) is -3.91. The number of nitrogens with one attached hydrogen (secondary N) is 4. The number of hydrogen-bond donors (Lipinski definition) is 4. The molecular formula is C40H49N5O9S. The molecule has 8 rings (SSSR count). The molecule has 4 saturated carbocycles. The van der Waals surface area contributed by atoms with Crippen LogP contribution in [0.25, 0.3) is 10.9 Å². The van der Waals surface area contributed by atoms with Gasteiger partial charge in [0.15, 0.2) is 11.3 Å². The van der Waals surface area contributed by atoms with Gasteiger partial charge in [-0.15, -0.1) is 6.58 Å². The summed E-state index contributed by atoms with van der Waals surface area (Å²) in [5.74, 6) is -2.32. The quantitative estimate of drug-likeness (QED) is 0.305. The van der Waals surface area contributed by atoms with E-state index in [-0.39, 0.29) is 49.0 Å². The van der Waals surface area contributed by atoms with Crippen LogP contribution >= 0.6 is 0 Å². The summed E-state index contributed by atoms with van der Waals surface area (Å²) in [6.07, 6.45) is 10.7. The van der Waals surface area contributed by atoms with E-state index < -0.39 is 74.3 Å². The van der Waals surface area contributed by atoms with Crippen molar-refractivity contribution >= 4 is 44.7 Å². The van der Waals surface area contributed by atoms with Crippen molar-refractivity contribution in [2.75, 3.05) is 6.54 Å². The van der Waals surface area contributed by atoms with E-state index in [1.807, 2.05) is 25.1 Å². The second kappa shape index (κ2) is 14.1. The van der Waals surface area contributed by atoms with Gasteiger partial charge in [-0.25, -0.2) is 13.2 Å². The van der Waals surface area contributed by atoms with Gasteiger partial charge in [-0.1, -0.05) is 43.2 Å². The molecule has 55 heavy (non-hydrogen) atoms. The van der Waals surface area contributed by atoms with Gasteiger partial charge in [0.25, 0.3) is 5.91 Å². The Morgan fingerprint density at radius 3 is 2.53 bits per heavy atom. The molecule has 1 aromatic carbocycles. The number of nitrogens with zero attached hydrogens (tertiary/aromatic N) is 1. The van der Waals surface area contributed by atoms with Crippen molar-refractivity contribution in [2.24, 2.45) is 17.8 Å². The van der Waals surface area contributed by atoms with Crippen LogP contribution in [0.15, 0.2) is 53.9 Å². The highest BCUT2D eigenvalue weighted by molar-refractivity contribution is 7.91. The number of aromatic amines is 1. The highest BCUT2D eigenvalue weighted by Gasteiger charge is 2.62. The second-order valence-corrected chi connectivity index (χ2v) is 18.5. The van der Waals surface area contributed by atoms with Gasteiger partial charge >= 0.3 is 6.09 Å². The zero-order valence-corrected chi connectivity index (χ0v) is 31.8. The maximum Gasteiger partial charge on any atom is 0.408 e. The van der Waals surface area contributed by atoms with Crippen LogP contribution < -0.4 is 25.5 Å². The van der Waals surface area contributed by atoms with Crippen molar-refractivity contribution in [3.05, 3.63) is 64.9 Å². The topological polar surface area (TPSA) is 193 Å². The van der Waals surface area contributed by atoms with E-state index in [0.29, 0.717) is 48.6 Å². The lowest BCUT2D eigenvalue weighted by atomic mass is 9.96. The number of carbonyl (C=O) groups is 4. The van der Waals surface area contributed by atoms with Gasteiger partial charge in [0.2, 0.25) is 21.8 Å². The van der Waals surface area contributed by atoms with Crippen molar-refractivity contribution in [3.63, 3.8) is 0 Å². The van der Waals surface area contributed by atoms with E-state index in [4.69, 9.17) is 9.47 Å². The minimum Gasteiger partial charge on any atom is -0.473 e. The number of fused-ring (bicyclic) bond motifs is 5. The number of pyridine rings is 1. The summed E-state index contributed by atoms with van der Waals surface area (Å²) in [6.45, 7) is 5.63. The summed E-state index contributed by atoms with van der Waals surface area (Å²) in [4.78, 5) is 74.8. The number of allylic oxidation sites excluding steroid dienone is 2. The molecule has 4 amide bonds. The lowest BCUT2D eigenvalue weighted by Gasteiger charge is -2.32. The molecule has 7 atom stereocenters. The van der Waals surface area contributed by atoms with E-state index >= 15 is 0 Å². The summed E-state index contributed by atoms with van der Waals surface area (Å²) < 4.78 is 40.2. The number of para-hydroxylation sites is 1. The predicted octanol–water partition coefficient (Wildman–Crippen LogP) is 3.50. The second-order valence-electron chi connectivity index (χ2n) is 16.5. The Morgan fingerprint density at radius 2 is 1.80 bits per heavy atom. The fourth-order valence-corrected chi connectivity index (χ4v) is 10.3. The number of H-pyrrole nitrogens is 1. The van der Waals surface area contributed by atoms with Crippen molar-refractivity contribution in [1.29, 1.82) is 0 Å². The Morgan fingerprint density at radius 1 is 1.04 bits per heavy atom. The lowest BCUT2D eigenvalue weighted by Crippen LogP contribution is -2.59.